The number of aryl methyl sites for hydroxylation is 1. The molecule has 0 aliphatic carbocycles. The fraction of sp³-hybridized carbons (Fsp3) is 0.412. The SMILES string of the molecule is Cc1nc2n(c1C)CCN(C(C)c1nc(-c3cccnc3)no1)C2. The van der Waals surface area contributed by atoms with Crippen molar-refractivity contribution in [3.05, 3.63) is 47.6 Å². The van der Waals surface area contributed by atoms with Crippen LogP contribution in [0.1, 0.15) is 36.1 Å². The zero-order valence-corrected chi connectivity index (χ0v) is 14.1. The largest absolute Gasteiger partial charge is 0.337 e. The summed E-state index contributed by atoms with van der Waals surface area (Å²) >= 11 is 0. The Kier molecular flexibility index (Phi) is 3.65. The highest BCUT2D eigenvalue weighted by atomic mass is 16.5. The molecule has 0 N–H and O–H groups in total. The lowest BCUT2D eigenvalue weighted by Crippen LogP contribution is -2.36. The van der Waals surface area contributed by atoms with E-state index in [2.05, 4.69) is 50.3 Å². The van der Waals surface area contributed by atoms with Crippen LogP contribution in [0.2, 0.25) is 0 Å². The highest BCUT2D eigenvalue weighted by Gasteiger charge is 2.27. The summed E-state index contributed by atoms with van der Waals surface area (Å²) in [6.07, 6.45) is 3.47. The molecule has 0 saturated heterocycles. The third-order valence-corrected chi connectivity index (χ3v) is 4.76. The molecule has 0 spiro atoms. The summed E-state index contributed by atoms with van der Waals surface area (Å²) < 4.78 is 7.79. The van der Waals surface area contributed by atoms with E-state index in [9.17, 15) is 0 Å². The summed E-state index contributed by atoms with van der Waals surface area (Å²) in [6, 6.07) is 3.84. The summed E-state index contributed by atoms with van der Waals surface area (Å²) in [4.78, 5) is 15.6. The monoisotopic (exact) mass is 324 g/mol. The van der Waals surface area contributed by atoms with Crippen LogP contribution in [-0.4, -0.2) is 36.1 Å². The summed E-state index contributed by atoms with van der Waals surface area (Å²) in [6.45, 7) is 8.96. The highest BCUT2D eigenvalue weighted by molar-refractivity contribution is 5.51. The van der Waals surface area contributed by atoms with E-state index in [1.807, 2.05) is 12.1 Å². The Bertz CT molecular complexity index is 853. The second-order valence-corrected chi connectivity index (χ2v) is 6.19. The minimum absolute atomic E-state index is 0.0500. The number of nitrogens with zero attached hydrogens (tertiary/aromatic N) is 6. The Morgan fingerprint density at radius 3 is 2.88 bits per heavy atom. The van der Waals surface area contributed by atoms with Gasteiger partial charge in [-0.2, -0.15) is 4.98 Å². The number of rotatable bonds is 3. The molecule has 4 rings (SSSR count). The fourth-order valence-corrected chi connectivity index (χ4v) is 3.13. The lowest BCUT2D eigenvalue weighted by atomic mass is 10.2. The molecule has 1 aliphatic heterocycles. The van der Waals surface area contributed by atoms with Crippen LogP contribution in [0.5, 0.6) is 0 Å². The molecular weight excluding hydrogens is 304 g/mol. The van der Waals surface area contributed by atoms with Crippen molar-refractivity contribution in [2.75, 3.05) is 6.54 Å². The Hall–Kier alpha value is -2.54. The first kappa shape index (κ1) is 15.0. The van der Waals surface area contributed by atoms with Gasteiger partial charge in [0.05, 0.1) is 18.3 Å². The Labute approximate surface area is 140 Å². The van der Waals surface area contributed by atoms with Crippen molar-refractivity contribution in [2.45, 2.75) is 39.9 Å². The van der Waals surface area contributed by atoms with Gasteiger partial charge in [-0.3, -0.25) is 9.88 Å². The van der Waals surface area contributed by atoms with Gasteiger partial charge in [-0.05, 0) is 32.9 Å². The van der Waals surface area contributed by atoms with Gasteiger partial charge in [0, 0.05) is 36.7 Å². The number of aromatic nitrogens is 5. The molecule has 0 amide bonds. The van der Waals surface area contributed by atoms with Crippen LogP contribution in [0.4, 0.5) is 0 Å². The number of pyridine rings is 1. The van der Waals surface area contributed by atoms with E-state index >= 15 is 0 Å². The van der Waals surface area contributed by atoms with E-state index in [-0.39, 0.29) is 6.04 Å². The van der Waals surface area contributed by atoms with E-state index < -0.39 is 0 Å². The predicted molar refractivity (Wildman–Crippen MR) is 88.1 cm³/mol. The van der Waals surface area contributed by atoms with E-state index in [0.717, 1.165) is 36.7 Å². The first-order valence-electron chi connectivity index (χ1n) is 8.14. The lowest BCUT2D eigenvalue weighted by molar-refractivity contribution is 0.135. The maximum Gasteiger partial charge on any atom is 0.244 e. The van der Waals surface area contributed by atoms with Crippen LogP contribution in [0.3, 0.4) is 0 Å². The summed E-state index contributed by atoms with van der Waals surface area (Å²) in [5, 5.41) is 4.09. The molecule has 24 heavy (non-hydrogen) atoms. The van der Waals surface area contributed by atoms with Crippen LogP contribution in [0.15, 0.2) is 29.0 Å². The molecule has 0 fully saturated rings. The molecule has 1 atom stereocenters. The van der Waals surface area contributed by atoms with Crippen molar-refractivity contribution in [2.24, 2.45) is 0 Å². The molecule has 0 bridgehead atoms. The predicted octanol–water partition coefficient (Wildman–Crippen LogP) is 2.52. The molecule has 4 heterocycles. The summed E-state index contributed by atoms with van der Waals surface area (Å²) in [7, 11) is 0. The average Bonchev–Trinajstić information content (AvgIpc) is 3.21. The maximum absolute atomic E-state index is 5.49. The van der Waals surface area contributed by atoms with Gasteiger partial charge in [-0.15, -0.1) is 0 Å². The standard InChI is InChI=1S/C17H20N6O/c1-11-12(2)23-8-7-22(10-15(23)19-11)13(3)17-20-16(21-24-17)14-5-4-6-18-9-14/h4-6,9,13H,7-8,10H2,1-3H3. The topological polar surface area (TPSA) is 72.9 Å². The zero-order chi connectivity index (χ0) is 16.7. The second-order valence-electron chi connectivity index (χ2n) is 6.19. The van der Waals surface area contributed by atoms with Crippen molar-refractivity contribution in [1.29, 1.82) is 0 Å². The maximum atomic E-state index is 5.49. The smallest absolute Gasteiger partial charge is 0.244 e. The van der Waals surface area contributed by atoms with Gasteiger partial charge in [0.15, 0.2) is 0 Å². The van der Waals surface area contributed by atoms with Gasteiger partial charge in [0.25, 0.3) is 0 Å². The van der Waals surface area contributed by atoms with Gasteiger partial charge < -0.3 is 9.09 Å². The van der Waals surface area contributed by atoms with E-state index in [1.54, 1.807) is 12.4 Å². The lowest BCUT2D eigenvalue weighted by Gasteiger charge is -2.31. The fourth-order valence-electron chi connectivity index (χ4n) is 3.13. The molecular formula is C17H20N6O. The number of imidazole rings is 1. The van der Waals surface area contributed by atoms with Crippen LogP contribution >= 0.6 is 0 Å². The van der Waals surface area contributed by atoms with Crippen LogP contribution in [0.25, 0.3) is 11.4 Å². The molecule has 0 aromatic carbocycles. The molecule has 124 valence electrons. The number of hydrogen-bond donors (Lipinski definition) is 0. The van der Waals surface area contributed by atoms with Crippen molar-refractivity contribution in [3.63, 3.8) is 0 Å². The van der Waals surface area contributed by atoms with Gasteiger partial charge in [0.1, 0.15) is 5.82 Å². The zero-order valence-electron chi connectivity index (χ0n) is 14.1. The Balaban J connectivity index is 1.54. The molecule has 0 saturated carbocycles. The van der Waals surface area contributed by atoms with Crippen LogP contribution in [0, 0.1) is 13.8 Å². The van der Waals surface area contributed by atoms with E-state index in [0.29, 0.717) is 11.7 Å². The summed E-state index contributed by atoms with van der Waals surface area (Å²) in [5.41, 5.74) is 3.23. The highest BCUT2D eigenvalue weighted by Crippen LogP contribution is 2.26. The third-order valence-electron chi connectivity index (χ3n) is 4.76. The molecule has 3 aromatic heterocycles. The Morgan fingerprint density at radius 1 is 1.21 bits per heavy atom. The van der Waals surface area contributed by atoms with Crippen molar-refractivity contribution < 1.29 is 4.52 Å². The minimum Gasteiger partial charge on any atom is -0.337 e. The summed E-state index contributed by atoms with van der Waals surface area (Å²) in [5.74, 6) is 2.31. The van der Waals surface area contributed by atoms with Gasteiger partial charge in [0.2, 0.25) is 11.7 Å². The second kappa shape index (κ2) is 5.83. The number of fused-ring (bicyclic) bond motifs is 1. The van der Waals surface area contributed by atoms with E-state index in [1.165, 1.54) is 5.69 Å². The van der Waals surface area contributed by atoms with Crippen LogP contribution < -0.4 is 0 Å². The van der Waals surface area contributed by atoms with Crippen molar-refractivity contribution in [1.82, 2.24) is 29.6 Å². The quantitative estimate of drug-likeness (QED) is 0.737. The first-order valence-corrected chi connectivity index (χ1v) is 8.14. The molecule has 1 aliphatic rings. The molecule has 3 aromatic rings. The van der Waals surface area contributed by atoms with Crippen LogP contribution in [-0.2, 0) is 13.1 Å². The Morgan fingerprint density at radius 2 is 2.08 bits per heavy atom. The average molecular weight is 324 g/mol. The minimum atomic E-state index is 0.0500. The van der Waals surface area contributed by atoms with E-state index in [4.69, 9.17) is 4.52 Å². The third kappa shape index (κ3) is 2.50. The first-order chi connectivity index (χ1) is 11.6. The van der Waals surface area contributed by atoms with Gasteiger partial charge in [-0.25, -0.2) is 4.98 Å². The molecule has 7 nitrogen and oxygen atoms in total. The van der Waals surface area contributed by atoms with Gasteiger partial charge in [-0.1, -0.05) is 5.16 Å². The van der Waals surface area contributed by atoms with Gasteiger partial charge >= 0.3 is 0 Å². The molecule has 0 radical (unpaired) electrons. The number of hydrogen-bond acceptors (Lipinski definition) is 6. The van der Waals surface area contributed by atoms with Crippen molar-refractivity contribution in [3.8, 4) is 11.4 Å². The molecule has 1 unspecified atom stereocenters. The normalized spacial score (nSPS) is 16.1. The molecule has 7 heteroatoms. The van der Waals surface area contributed by atoms with Crippen molar-refractivity contribution >= 4 is 0 Å².